The van der Waals surface area contributed by atoms with Crippen LogP contribution >= 0.6 is 0 Å². The van der Waals surface area contributed by atoms with E-state index in [1.54, 1.807) is 42.5 Å². The molecule has 2 aromatic heterocycles. The maximum Gasteiger partial charge on any atom is 0.227 e. The predicted octanol–water partition coefficient (Wildman–Crippen LogP) is 0.760. The summed E-state index contributed by atoms with van der Waals surface area (Å²) in [4.78, 5) is 19.8. The standard InChI is InChI=1S/C13H18N6O2/c1-21-10-9-19-8-4-11(18-19)17-12(20)3-7-16-13-14-5-2-6-15-13/h2,4-6,8H,3,7,9-10H2,1H3,(H,14,15,16)(H,17,18,20). The predicted molar refractivity (Wildman–Crippen MR) is 77.9 cm³/mol. The van der Waals surface area contributed by atoms with Crippen molar-refractivity contribution in [2.24, 2.45) is 0 Å². The first kappa shape index (κ1) is 14.9. The minimum Gasteiger partial charge on any atom is -0.383 e. The second-order valence-corrected chi connectivity index (χ2v) is 4.25. The van der Waals surface area contributed by atoms with Crippen molar-refractivity contribution in [2.45, 2.75) is 13.0 Å². The molecule has 0 bridgehead atoms. The fourth-order valence-corrected chi connectivity index (χ4v) is 1.62. The van der Waals surface area contributed by atoms with Gasteiger partial charge in [-0.1, -0.05) is 0 Å². The number of anilines is 2. The van der Waals surface area contributed by atoms with E-state index in [9.17, 15) is 4.79 Å². The van der Waals surface area contributed by atoms with Gasteiger partial charge in [0.15, 0.2) is 5.82 Å². The molecule has 0 saturated carbocycles. The third-order valence-electron chi connectivity index (χ3n) is 2.63. The van der Waals surface area contributed by atoms with Crippen LogP contribution < -0.4 is 10.6 Å². The Kier molecular flexibility index (Phi) is 5.65. The number of rotatable bonds is 8. The highest BCUT2D eigenvalue weighted by molar-refractivity contribution is 5.89. The zero-order valence-corrected chi connectivity index (χ0v) is 11.8. The molecule has 0 aliphatic heterocycles. The summed E-state index contributed by atoms with van der Waals surface area (Å²) in [6.45, 7) is 1.69. The van der Waals surface area contributed by atoms with Crippen molar-refractivity contribution < 1.29 is 9.53 Å². The molecule has 112 valence electrons. The first-order valence-electron chi connectivity index (χ1n) is 6.61. The van der Waals surface area contributed by atoms with Gasteiger partial charge in [0.2, 0.25) is 11.9 Å². The fraction of sp³-hybridized carbons (Fsp3) is 0.385. The number of carbonyl (C=O) groups excluding carboxylic acids is 1. The van der Waals surface area contributed by atoms with Crippen LogP contribution in [0.3, 0.4) is 0 Å². The lowest BCUT2D eigenvalue weighted by Crippen LogP contribution is -2.17. The van der Waals surface area contributed by atoms with Gasteiger partial charge in [0.25, 0.3) is 0 Å². The van der Waals surface area contributed by atoms with E-state index in [2.05, 4.69) is 25.7 Å². The van der Waals surface area contributed by atoms with Gasteiger partial charge in [-0.2, -0.15) is 5.10 Å². The number of hydrogen-bond acceptors (Lipinski definition) is 6. The molecule has 8 heteroatoms. The number of amides is 1. The van der Waals surface area contributed by atoms with Crippen molar-refractivity contribution in [2.75, 3.05) is 30.9 Å². The molecule has 0 atom stereocenters. The molecule has 2 heterocycles. The number of nitrogens with zero attached hydrogens (tertiary/aromatic N) is 4. The summed E-state index contributed by atoms with van der Waals surface area (Å²) in [6, 6.07) is 3.49. The number of ether oxygens (including phenoxy) is 1. The molecule has 0 spiro atoms. The Labute approximate surface area is 122 Å². The topological polar surface area (TPSA) is 94.0 Å². The van der Waals surface area contributed by atoms with Gasteiger partial charge < -0.3 is 15.4 Å². The smallest absolute Gasteiger partial charge is 0.227 e. The lowest BCUT2D eigenvalue weighted by Gasteiger charge is -2.04. The Morgan fingerprint density at radius 1 is 1.38 bits per heavy atom. The van der Waals surface area contributed by atoms with Gasteiger partial charge in [-0.25, -0.2) is 9.97 Å². The Balaban J connectivity index is 1.70. The molecule has 0 fully saturated rings. The van der Waals surface area contributed by atoms with E-state index < -0.39 is 0 Å². The van der Waals surface area contributed by atoms with Crippen LogP contribution in [0, 0.1) is 0 Å². The maximum absolute atomic E-state index is 11.8. The number of hydrogen-bond donors (Lipinski definition) is 2. The van der Waals surface area contributed by atoms with Crippen LogP contribution in [-0.2, 0) is 16.1 Å². The van der Waals surface area contributed by atoms with E-state index >= 15 is 0 Å². The third-order valence-corrected chi connectivity index (χ3v) is 2.63. The van der Waals surface area contributed by atoms with Crippen molar-refractivity contribution >= 4 is 17.7 Å². The van der Waals surface area contributed by atoms with Crippen LogP contribution in [0.15, 0.2) is 30.7 Å². The second kappa shape index (κ2) is 7.95. The molecule has 8 nitrogen and oxygen atoms in total. The molecule has 0 aliphatic rings. The van der Waals surface area contributed by atoms with Gasteiger partial charge >= 0.3 is 0 Å². The van der Waals surface area contributed by atoms with E-state index in [1.165, 1.54) is 0 Å². The Bertz CT molecular complexity index is 557. The van der Waals surface area contributed by atoms with Gasteiger partial charge in [-0.3, -0.25) is 9.48 Å². The molecule has 2 rings (SSSR count). The second-order valence-electron chi connectivity index (χ2n) is 4.25. The highest BCUT2D eigenvalue weighted by atomic mass is 16.5. The summed E-state index contributed by atoms with van der Waals surface area (Å²) in [5, 5.41) is 9.92. The molecular weight excluding hydrogens is 272 g/mol. The van der Waals surface area contributed by atoms with Crippen molar-refractivity contribution in [1.82, 2.24) is 19.7 Å². The van der Waals surface area contributed by atoms with Crippen molar-refractivity contribution in [3.05, 3.63) is 30.7 Å². The van der Waals surface area contributed by atoms with Crippen molar-refractivity contribution in [1.29, 1.82) is 0 Å². The molecule has 0 aromatic carbocycles. The van der Waals surface area contributed by atoms with Crippen LogP contribution in [0.25, 0.3) is 0 Å². The van der Waals surface area contributed by atoms with Crippen LogP contribution in [0.1, 0.15) is 6.42 Å². The van der Waals surface area contributed by atoms with E-state index in [0.29, 0.717) is 37.9 Å². The zero-order valence-electron chi connectivity index (χ0n) is 11.8. The molecule has 2 N–H and O–H groups in total. The monoisotopic (exact) mass is 290 g/mol. The number of methoxy groups -OCH3 is 1. The number of carbonyl (C=O) groups is 1. The third kappa shape index (κ3) is 5.19. The summed E-state index contributed by atoms with van der Waals surface area (Å²) in [5.41, 5.74) is 0. The summed E-state index contributed by atoms with van der Waals surface area (Å²) >= 11 is 0. The first-order chi connectivity index (χ1) is 10.3. The molecule has 0 radical (unpaired) electrons. The molecule has 1 amide bonds. The lowest BCUT2D eigenvalue weighted by molar-refractivity contribution is -0.116. The molecule has 0 aliphatic carbocycles. The molecule has 0 unspecified atom stereocenters. The molecular formula is C13H18N6O2. The quantitative estimate of drug-likeness (QED) is 0.745. The van der Waals surface area contributed by atoms with Crippen LogP contribution in [0.5, 0.6) is 0 Å². The van der Waals surface area contributed by atoms with Gasteiger partial charge in [0, 0.05) is 44.7 Å². The molecule has 0 saturated heterocycles. The minimum atomic E-state index is -0.115. The van der Waals surface area contributed by atoms with E-state index in [-0.39, 0.29) is 5.91 Å². The first-order valence-corrected chi connectivity index (χ1v) is 6.61. The van der Waals surface area contributed by atoms with Crippen molar-refractivity contribution in [3.63, 3.8) is 0 Å². The Morgan fingerprint density at radius 2 is 2.19 bits per heavy atom. The van der Waals surface area contributed by atoms with E-state index in [0.717, 1.165) is 0 Å². The highest BCUT2D eigenvalue weighted by Gasteiger charge is 2.05. The molecule has 2 aromatic rings. The lowest BCUT2D eigenvalue weighted by atomic mass is 10.4. The summed E-state index contributed by atoms with van der Waals surface area (Å²) in [7, 11) is 1.63. The van der Waals surface area contributed by atoms with Gasteiger partial charge in [0.05, 0.1) is 13.2 Å². The fourth-order valence-electron chi connectivity index (χ4n) is 1.62. The number of aromatic nitrogens is 4. The van der Waals surface area contributed by atoms with E-state index in [1.807, 2.05) is 0 Å². The van der Waals surface area contributed by atoms with Crippen LogP contribution in [0.4, 0.5) is 11.8 Å². The summed E-state index contributed by atoms with van der Waals surface area (Å²) in [5.74, 6) is 0.927. The van der Waals surface area contributed by atoms with E-state index in [4.69, 9.17) is 4.74 Å². The normalized spacial score (nSPS) is 10.3. The molecule has 21 heavy (non-hydrogen) atoms. The Hall–Kier alpha value is -2.48. The van der Waals surface area contributed by atoms with Gasteiger partial charge in [0.1, 0.15) is 0 Å². The average Bonchev–Trinajstić information content (AvgIpc) is 2.93. The van der Waals surface area contributed by atoms with Gasteiger partial charge in [-0.05, 0) is 6.07 Å². The van der Waals surface area contributed by atoms with Crippen molar-refractivity contribution in [3.8, 4) is 0 Å². The van der Waals surface area contributed by atoms with Crippen LogP contribution in [0.2, 0.25) is 0 Å². The zero-order chi connectivity index (χ0) is 14.9. The van der Waals surface area contributed by atoms with Gasteiger partial charge in [-0.15, -0.1) is 0 Å². The number of nitrogens with one attached hydrogen (secondary N) is 2. The summed E-state index contributed by atoms with van der Waals surface area (Å²) in [6.07, 6.45) is 5.39. The highest BCUT2D eigenvalue weighted by Crippen LogP contribution is 2.03. The maximum atomic E-state index is 11.8. The Morgan fingerprint density at radius 3 is 2.95 bits per heavy atom. The SMILES string of the molecule is COCCn1ccc(NC(=O)CCNc2ncccn2)n1. The largest absolute Gasteiger partial charge is 0.383 e. The van der Waals surface area contributed by atoms with Crippen LogP contribution in [-0.4, -0.2) is 45.9 Å². The average molecular weight is 290 g/mol. The minimum absolute atomic E-state index is 0.115. The summed E-state index contributed by atoms with van der Waals surface area (Å²) < 4.78 is 6.68.